The summed E-state index contributed by atoms with van der Waals surface area (Å²) in [6.07, 6.45) is 7.49. The number of anilines is 1. The number of hydrogen-bond donors (Lipinski definition) is 4. The third-order valence-corrected chi connectivity index (χ3v) is 4.17. The largest absolute Gasteiger partial charge is 0.356 e. The molecule has 7 nitrogen and oxygen atoms in total. The van der Waals surface area contributed by atoms with Crippen molar-refractivity contribution in [1.82, 2.24) is 15.8 Å². The Kier molecular flexibility index (Phi) is 9.82. The lowest BCUT2D eigenvalue weighted by molar-refractivity contribution is -0.134. The first-order valence-electron chi connectivity index (χ1n) is 9.28. The normalized spacial score (nSPS) is 10.3. The molecule has 0 aliphatic rings. The van der Waals surface area contributed by atoms with Gasteiger partial charge in [-0.25, -0.2) is 5.48 Å². The van der Waals surface area contributed by atoms with Crippen LogP contribution in [0.4, 0.5) is 5.69 Å². The number of aromatic nitrogens is 1. The van der Waals surface area contributed by atoms with Gasteiger partial charge in [-0.2, -0.15) is 0 Å². The highest BCUT2D eigenvalue weighted by Crippen LogP contribution is 2.10. The van der Waals surface area contributed by atoms with E-state index in [-0.39, 0.29) is 11.9 Å². The smallest absolute Gasteiger partial charge is 0.243 e. The fourth-order valence-electron chi connectivity index (χ4n) is 2.43. The maximum absolute atomic E-state index is 11.7. The van der Waals surface area contributed by atoms with E-state index in [9.17, 15) is 4.79 Å². The molecule has 0 bridgehead atoms. The van der Waals surface area contributed by atoms with Crippen LogP contribution in [0, 0.1) is 5.41 Å². The van der Waals surface area contributed by atoms with E-state index in [1.807, 2.05) is 12.1 Å². The first kappa shape index (κ1) is 21.7. The molecule has 1 amide bonds. The molecule has 0 radical (unpaired) electrons. The fourth-order valence-corrected chi connectivity index (χ4v) is 2.56. The second-order valence-electron chi connectivity index (χ2n) is 6.27. The second-order valence-corrected chi connectivity index (χ2v) is 6.70. The Morgan fingerprint density at radius 2 is 1.75 bits per heavy atom. The van der Waals surface area contributed by atoms with Gasteiger partial charge in [0.25, 0.3) is 0 Å². The number of amides is 1. The van der Waals surface area contributed by atoms with E-state index in [4.69, 9.17) is 21.8 Å². The number of carbonyl (C=O) groups is 1. The first-order chi connectivity index (χ1) is 13.6. The third kappa shape index (κ3) is 9.34. The lowest BCUT2D eigenvalue weighted by Gasteiger charge is -2.10. The predicted octanol–water partition coefficient (Wildman–Crippen LogP) is 3.87. The van der Waals surface area contributed by atoms with Crippen LogP contribution in [0.1, 0.15) is 37.7 Å². The van der Waals surface area contributed by atoms with Crippen molar-refractivity contribution in [2.24, 2.45) is 0 Å². The molecule has 2 aromatic rings. The highest BCUT2D eigenvalue weighted by atomic mass is 35.5. The van der Waals surface area contributed by atoms with Crippen molar-refractivity contribution in [3.8, 4) is 0 Å². The number of benzene rings is 1. The monoisotopic (exact) mass is 403 g/mol. The van der Waals surface area contributed by atoms with Gasteiger partial charge in [0.15, 0.2) is 5.96 Å². The van der Waals surface area contributed by atoms with Gasteiger partial charge < -0.3 is 10.6 Å². The van der Waals surface area contributed by atoms with Crippen LogP contribution in [-0.4, -0.2) is 23.4 Å². The van der Waals surface area contributed by atoms with Crippen LogP contribution >= 0.6 is 11.6 Å². The van der Waals surface area contributed by atoms with Gasteiger partial charge in [0.1, 0.15) is 0 Å². The van der Waals surface area contributed by atoms with Gasteiger partial charge in [-0.1, -0.05) is 36.6 Å². The molecule has 0 aliphatic carbocycles. The quantitative estimate of drug-likeness (QED) is 0.197. The molecular weight excluding hydrogens is 378 g/mol. The summed E-state index contributed by atoms with van der Waals surface area (Å²) in [5.41, 5.74) is 4.24. The van der Waals surface area contributed by atoms with E-state index in [2.05, 4.69) is 21.1 Å². The number of guanidine groups is 1. The van der Waals surface area contributed by atoms with Gasteiger partial charge in [0, 0.05) is 36.1 Å². The minimum atomic E-state index is -0.115. The van der Waals surface area contributed by atoms with Crippen molar-refractivity contribution in [2.75, 3.05) is 11.9 Å². The zero-order valence-electron chi connectivity index (χ0n) is 15.7. The highest BCUT2D eigenvalue weighted by Gasteiger charge is 2.02. The van der Waals surface area contributed by atoms with Crippen molar-refractivity contribution >= 4 is 29.2 Å². The molecular formula is C20H26ClN5O2. The maximum Gasteiger partial charge on any atom is 0.243 e. The first-order valence-corrected chi connectivity index (χ1v) is 9.66. The summed E-state index contributed by atoms with van der Waals surface area (Å²) in [5.74, 6) is 0.152. The van der Waals surface area contributed by atoms with Crippen LogP contribution in [0.2, 0.25) is 5.02 Å². The van der Waals surface area contributed by atoms with Gasteiger partial charge >= 0.3 is 0 Å². The van der Waals surface area contributed by atoms with Gasteiger partial charge in [-0.3, -0.25) is 20.0 Å². The number of rotatable bonds is 11. The molecule has 28 heavy (non-hydrogen) atoms. The van der Waals surface area contributed by atoms with E-state index in [1.54, 1.807) is 36.7 Å². The van der Waals surface area contributed by atoms with Crippen LogP contribution in [0.25, 0.3) is 0 Å². The molecule has 0 aliphatic heterocycles. The Hall–Kier alpha value is -2.64. The summed E-state index contributed by atoms with van der Waals surface area (Å²) in [6.45, 7) is 1.03. The molecule has 0 saturated carbocycles. The Bertz CT molecular complexity index is 725. The molecule has 0 fully saturated rings. The minimum Gasteiger partial charge on any atom is -0.356 e. The van der Waals surface area contributed by atoms with Crippen molar-refractivity contribution in [1.29, 1.82) is 5.41 Å². The number of nitrogens with zero attached hydrogens (tertiary/aromatic N) is 1. The SMILES string of the molecule is N=C(NCCCCCCC(=O)NOCc1ccc(Cl)cc1)Nc1ccncc1. The molecule has 1 aromatic heterocycles. The topological polar surface area (TPSA) is 99.1 Å². The second kappa shape index (κ2) is 12.7. The average molecular weight is 404 g/mol. The number of halogens is 1. The van der Waals surface area contributed by atoms with E-state index >= 15 is 0 Å². The molecule has 0 atom stereocenters. The number of nitrogens with one attached hydrogen (secondary N) is 4. The predicted molar refractivity (Wildman–Crippen MR) is 111 cm³/mol. The lowest BCUT2D eigenvalue weighted by Crippen LogP contribution is -2.30. The van der Waals surface area contributed by atoms with Crippen molar-refractivity contribution < 1.29 is 9.63 Å². The van der Waals surface area contributed by atoms with E-state index in [0.717, 1.165) is 36.9 Å². The molecule has 0 spiro atoms. The molecule has 8 heteroatoms. The number of hydroxylamine groups is 1. The molecule has 4 N–H and O–H groups in total. The maximum atomic E-state index is 11.7. The molecule has 2 rings (SSSR count). The van der Waals surface area contributed by atoms with Gasteiger partial charge in [0.2, 0.25) is 5.91 Å². The van der Waals surface area contributed by atoms with E-state index in [0.29, 0.717) is 24.6 Å². The summed E-state index contributed by atoms with van der Waals surface area (Å²) in [4.78, 5) is 20.9. The van der Waals surface area contributed by atoms with Gasteiger partial charge in [-0.05, 0) is 42.7 Å². The van der Waals surface area contributed by atoms with Gasteiger partial charge in [-0.15, -0.1) is 0 Å². The molecule has 1 heterocycles. The van der Waals surface area contributed by atoms with Crippen LogP contribution in [0.3, 0.4) is 0 Å². The highest BCUT2D eigenvalue weighted by molar-refractivity contribution is 6.30. The Balaban J connectivity index is 1.42. The summed E-state index contributed by atoms with van der Waals surface area (Å²) in [5, 5.41) is 14.5. The van der Waals surface area contributed by atoms with Crippen molar-refractivity contribution in [3.05, 3.63) is 59.4 Å². The van der Waals surface area contributed by atoms with Crippen LogP contribution in [-0.2, 0) is 16.2 Å². The number of unbranched alkanes of at least 4 members (excludes halogenated alkanes) is 3. The van der Waals surface area contributed by atoms with E-state index < -0.39 is 0 Å². The summed E-state index contributed by atoms with van der Waals surface area (Å²) in [7, 11) is 0. The van der Waals surface area contributed by atoms with Crippen molar-refractivity contribution in [2.45, 2.75) is 38.7 Å². The average Bonchev–Trinajstić information content (AvgIpc) is 2.69. The van der Waals surface area contributed by atoms with Crippen LogP contribution < -0.4 is 16.1 Å². The Morgan fingerprint density at radius 1 is 1.04 bits per heavy atom. The third-order valence-electron chi connectivity index (χ3n) is 3.92. The van der Waals surface area contributed by atoms with Crippen LogP contribution in [0.5, 0.6) is 0 Å². The fraction of sp³-hybridized carbons (Fsp3) is 0.350. The summed E-state index contributed by atoms with van der Waals surface area (Å²) >= 11 is 5.82. The molecule has 0 unspecified atom stereocenters. The standard InChI is InChI=1S/C20H26ClN5O2/c21-17-8-6-16(7-9-17)15-28-26-19(27)5-3-1-2-4-12-24-20(22)25-18-10-13-23-14-11-18/h6-11,13-14H,1-5,12,15H2,(H,26,27)(H3,22,23,24,25). The molecule has 1 aromatic carbocycles. The molecule has 150 valence electrons. The Morgan fingerprint density at radius 3 is 2.50 bits per heavy atom. The lowest BCUT2D eigenvalue weighted by atomic mass is 10.1. The van der Waals surface area contributed by atoms with Gasteiger partial charge in [0.05, 0.1) is 6.61 Å². The number of carbonyl (C=O) groups excluding carboxylic acids is 1. The summed E-state index contributed by atoms with van der Waals surface area (Å²) in [6, 6.07) is 10.9. The zero-order valence-corrected chi connectivity index (χ0v) is 16.5. The molecule has 0 saturated heterocycles. The van der Waals surface area contributed by atoms with Crippen LogP contribution in [0.15, 0.2) is 48.8 Å². The minimum absolute atomic E-state index is 0.115. The summed E-state index contributed by atoms with van der Waals surface area (Å²) < 4.78 is 0. The number of pyridine rings is 1. The zero-order chi connectivity index (χ0) is 20.0. The van der Waals surface area contributed by atoms with Crippen molar-refractivity contribution in [3.63, 3.8) is 0 Å². The Labute approximate surface area is 170 Å². The van der Waals surface area contributed by atoms with E-state index in [1.165, 1.54) is 0 Å². The number of hydrogen-bond acceptors (Lipinski definition) is 4.